The van der Waals surface area contributed by atoms with Crippen molar-refractivity contribution in [1.82, 2.24) is 13.4 Å². The molecule has 2 aliphatic rings. The van der Waals surface area contributed by atoms with Gasteiger partial charge in [0.2, 0.25) is 0 Å². The number of rotatable bonds is 0. The Hall–Kier alpha value is -1.22. The smallest absolute Gasteiger partial charge is 0.307 e. The molecule has 11 heavy (non-hydrogen) atoms. The van der Waals surface area contributed by atoms with Gasteiger partial charge in [-0.25, -0.2) is 0 Å². The van der Waals surface area contributed by atoms with Gasteiger partial charge >= 0.3 is 11.8 Å². The largest absolute Gasteiger partial charge is 0.561 e. The maximum absolute atomic E-state index is 10.5. The number of nitrogens with zero attached hydrogens (tertiary/aromatic N) is 3. The topological polar surface area (TPSA) is 92.1 Å². The Morgan fingerprint density at radius 1 is 1.55 bits per heavy atom. The molecular weight excluding hydrogens is 192 g/mol. The van der Waals surface area contributed by atoms with Crippen molar-refractivity contribution in [2.24, 2.45) is 0 Å². The van der Waals surface area contributed by atoms with E-state index in [9.17, 15) is 4.79 Å². The monoisotopic (exact) mass is 194 g/mol. The molecule has 0 unspecified atom stereocenters. The highest BCUT2D eigenvalue weighted by molar-refractivity contribution is 7.64. The van der Waals surface area contributed by atoms with Crippen LogP contribution in [0.1, 0.15) is 0 Å². The number of hydrogen-bond acceptors (Lipinski definition) is 7. The van der Waals surface area contributed by atoms with Crippen LogP contribution in [-0.4, -0.2) is 13.4 Å². The van der Waals surface area contributed by atoms with Crippen LogP contribution in [-0.2, 0) is 0 Å². The molecule has 0 amide bonds. The van der Waals surface area contributed by atoms with E-state index in [2.05, 4.69) is 13.4 Å². The molecule has 0 aromatic carbocycles. The second-order valence-corrected chi connectivity index (χ2v) is 3.26. The maximum Gasteiger partial charge on any atom is 0.561 e. The normalized spacial score (nSPS) is 10.5. The highest BCUT2D eigenvalue weighted by atomic mass is 32.9. The lowest BCUT2D eigenvalue weighted by Crippen LogP contribution is -2.22. The Balaban J connectivity index is 2.90. The first-order valence-corrected chi connectivity index (χ1v) is 4.50. The lowest BCUT2D eigenvalue weighted by molar-refractivity contribution is 0.123. The van der Waals surface area contributed by atoms with E-state index < -0.39 is 5.82 Å². The quantitative estimate of drug-likeness (QED) is 0.456. The van der Waals surface area contributed by atoms with E-state index in [0.29, 0.717) is 0 Å². The van der Waals surface area contributed by atoms with Crippen LogP contribution >= 0.6 is 21.1 Å². The Bertz CT molecular complexity index is 408. The Morgan fingerprint density at radius 3 is 3.18 bits per heavy atom. The van der Waals surface area contributed by atoms with Gasteiger partial charge in [0.1, 0.15) is 0 Å². The minimum atomic E-state index is -0.874. The minimum Gasteiger partial charge on any atom is -0.307 e. The standard InChI is InChI=1S/C2H2N4O3S2/c3-5-1-4-10-11-6(1)9-2(7)8-5/h3H2. The molecule has 60 valence electrons. The molecule has 0 aromatic heterocycles. The predicted octanol–water partition coefficient (Wildman–Crippen LogP) is -0.381. The molecule has 0 aromatic rings. The molecule has 9 heteroatoms. The summed E-state index contributed by atoms with van der Waals surface area (Å²) in [4.78, 5) is 11.3. The van der Waals surface area contributed by atoms with Crippen molar-refractivity contribution in [3.63, 3.8) is 0 Å². The van der Waals surface area contributed by atoms with E-state index >= 15 is 0 Å². The van der Waals surface area contributed by atoms with Gasteiger partial charge in [-0.1, -0.05) is 8.98 Å². The molecule has 0 fully saturated rings. The predicted molar refractivity (Wildman–Crippen MR) is 37.1 cm³/mol. The SMILES string of the molecule is Nn1oc(=O)on2ssnc1-2. The third-order valence-electron chi connectivity index (χ3n) is 0.911. The summed E-state index contributed by atoms with van der Waals surface area (Å²) >= 11 is 0. The van der Waals surface area contributed by atoms with Gasteiger partial charge in [0.15, 0.2) is 0 Å². The zero-order valence-electron chi connectivity index (χ0n) is 4.96. The molecule has 0 aliphatic carbocycles. The Morgan fingerprint density at radius 2 is 2.36 bits per heavy atom. The van der Waals surface area contributed by atoms with Crippen LogP contribution in [0.25, 0.3) is 5.95 Å². The van der Waals surface area contributed by atoms with Crippen molar-refractivity contribution in [1.29, 1.82) is 0 Å². The summed E-state index contributed by atoms with van der Waals surface area (Å²) in [5.74, 6) is 4.60. The van der Waals surface area contributed by atoms with Gasteiger partial charge in [0.05, 0.1) is 10.5 Å². The van der Waals surface area contributed by atoms with Crippen LogP contribution in [0.2, 0.25) is 0 Å². The molecule has 0 bridgehead atoms. The number of hydrogen-bond donors (Lipinski definition) is 1. The molecule has 7 nitrogen and oxygen atoms in total. The van der Waals surface area contributed by atoms with Crippen LogP contribution in [0.4, 0.5) is 0 Å². The summed E-state index contributed by atoms with van der Waals surface area (Å²) in [5.41, 5.74) is 0. The highest BCUT2D eigenvalue weighted by Gasteiger charge is 2.10. The second-order valence-electron chi connectivity index (χ2n) is 1.56. The first-order valence-electron chi connectivity index (χ1n) is 2.44. The summed E-state index contributed by atoms with van der Waals surface area (Å²) in [6, 6.07) is 0. The summed E-state index contributed by atoms with van der Waals surface area (Å²) in [5, 5.41) is 0. The third kappa shape index (κ3) is 0.935. The fraction of sp³-hybridized carbons (Fsp3) is 0. The van der Waals surface area contributed by atoms with Gasteiger partial charge in [-0.2, -0.15) is 4.79 Å². The van der Waals surface area contributed by atoms with Crippen molar-refractivity contribution in [3.8, 4) is 5.95 Å². The van der Waals surface area contributed by atoms with E-state index in [4.69, 9.17) is 5.84 Å². The Kier molecular flexibility index (Phi) is 1.26. The van der Waals surface area contributed by atoms with Crippen molar-refractivity contribution in [2.45, 2.75) is 0 Å². The third-order valence-corrected chi connectivity index (χ3v) is 2.42. The van der Waals surface area contributed by atoms with E-state index in [1.807, 2.05) is 0 Å². The number of fused-ring (bicyclic) bond motifs is 1. The lowest BCUT2D eigenvalue weighted by atomic mass is 11.1. The van der Waals surface area contributed by atoms with Crippen molar-refractivity contribution in [3.05, 3.63) is 10.6 Å². The fourth-order valence-electron chi connectivity index (χ4n) is 0.529. The highest BCUT2D eigenvalue weighted by Crippen LogP contribution is 2.11. The molecule has 0 saturated heterocycles. The van der Waals surface area contributed by atoms with Crippen LogP contribution < -0.4 is 11.7 Å². The molecule has 2 N–H and O–H groups in total. The summed E-state index contributed by atoms with van der Waals surface area (Å²) in [7, 11) is 2.27. The van der Waals surface area contributed by atoms with E-state index in [-0.39, 0.29) is 5.95 Å². The molecule has 2 heterocycles. The van der Waals surface area contributed by atoms with Gasteiger partial charge in [-0.05, 0) is 0 Å². The lowest BCUT2D eigenvalue weighted by Gasteiger charge is -1.98. The van der Waals surface area contributed by atoms with Crippen LogP contribution in [0.15, 0.2) is 13.8 Å². The first kappa shape index (κ1) is 6.49. The molecule has 2 rings (SSSR count). The van der Waals surface area contributed by atoms with Crippen LogP contribution in [0, 0.1) is 0 Å². The second kappa shape index (κ2) is 2.13. The van der Waals surface area contributed by atoms with Crippen molar-refractivity contribution < 1.29 is 9.05 Å². The molecule has 2 aliphatic heterocycles. The maximum atomic E-state index is 10.5. The molecule has 0 saturated carbocycles. The first-order chi connectivity index (χ1) is 5.27. The summed E-state index contributed by atoms with van der Waals surface area (Å²) in [6.07, 6.45) is 0. The van der Waals surface area contributed by atoms with Crippen LogP contribution in [0.5, 0.6) is 0 Å². The molecular formula is C2H2N4O3S2. The average molecular weight is 194 g/mol. The molecule has 0 atom stereocenters. The molecule has 0 radical (unpaired) electrons. The van der Waals surface area contributed by atoms with Gasteiger partial charge in [0, 0.05) is 10.5 Å². The summed E-state index contributed by atoms with van der Waals surface area (Å²) < 4.78 is 13.9. The molecule has 0 spiro atoms. The van der Waals surface area contributed by atoms with E-state index in [1.165, 1.54) is 0 Å². The van der Waals surface area contributed by atoms with Gasteiger partial charge in [0.25, 0.3) is 0 Å². The minimum absolute atomic E-state index is 0.250. The van der Waals surface area contributed by atoms with Gasteiger partial charge in [-0.15, -0.1) is 4.37 Å². The summed E-state index contributed by atoms with van der Waals surface area (Å²) in [6.45, 7) is 0. The zero-order chi connectivity index (χ0) is 7.84. The number of aromatic nitrogens is 3. The average Bonchev–Trinajstić information content (AvgIpc) is 2.34. The Labute approximate surface area is 66.5 Å². The van der Waals surface area contributed by atoms with E-state index in [1.54, 1.807) is 0 Å². The van der Waals surface area contributed by atoms with Crippen molar-refractivity contribution >= 4 is 21.1 Å². The zero-order valence-corrected chi connectivity index (χ0v) is 6.59. The van der Waals surface area contributed by atoms with Gasteiger partial charge in [-0.3, -0.25) is 9.05 Å². The fourth-order valence-corrected chi connectivity index (χ4v) is 1.95. The van der Waals surface area contributed by atoms with Crippen molar-refractivity contribution in [2.75, 3.05) is 5.84 Å². The number of nitrogen functional groups attached to an aromatic ring is 1. The van der Waals surface area contributed by atoms with Crippen LogP contribution in [0.3, 0.4) is 0 Å². The van der Waals surface area contributed by atoms with Gasteiger partial charge < -0.3 is 5.84 Å². The number of nitrogens with two attached hydrogens (primary N) is 1. The van der Waals surface area contributed by atoms with E-state index in [0.717, 1.165) is 30.1 Å².